The molecule has 0 saturated heterocycles. The Morgan fingerprint density at radius 2 is 1.58 bits per heavy atom. The Morgan fingerprint density at radius 1 is 1.00 bits per heavy atom. The van der Waals surface area contributed by atoms with Crippen LogP contribution in [0.25, 0.3) is 10.9 Å². The van der Waals surface area contributed by atoms with Gasteiger partial charge in [-0.1, -0.05) is 25.5 Å². The predicted octanol–water partition coefficient (Wildman–Crippen LogP) is 4.23. The molecule has 0 aliphatic heterocycles. The van der Waals surface area contributed by atoms with Crippen LogP contribution >= 0.6 is 0 Å². The van der Waals surface area contributed by atoms with Crippen LogP contribution in [0.15, 0.2) is 42.6 Å². The maximum absolute atomic E-state index is 9.75. The van der Waals surface area contributed by atoms with E-state index >= 15 is 0 Å². The average molecular weight is 273 g/mol. The summed E-state index contributed by atoms with van der Waals surface area (Å²) in [7, 11) is -6.00. The summed E-state index contributed by atoms with van der Waals surface area (Å²) in [5, 5.41) is 1.33. The lowest BCUT2D eigenvalue weighted by Gasteiger charge is -1.99. The Hall–Kier alpha value is -1.59. The molecule has 1 aromatic carbocycles. The fourth-order valence-corrected chi connectivity index (χ4v) is 1.74. The average Bonchev–Trinajstić information content (AvgIpc) is 2.34. The van der Waals surface area contributed by atoms with E-state index < -0.39 is 7.25 Å². The van der Waals surface area contributed by atoms with Crippen LogP contribution < -0.4 is 4.57 Å². The van der Waals surface area contributed by atoms with Gasteiger partial charge in [0.1, 0.15) is 6.54 Å². The van der Waals surface area contributed by atoms with Gasteiger partial charge in [0.2, 0.25) is 5.52 Å². The quantitative estimate of drug-likeness (QED) is 0.447. The van der Waals surface area contributed by atoms with Crippen LogP contribution in [-0.4, -0.2) is 7.25 Å². The number of aromatic nitrogens is 1. The van der Waals surface area contributed by atoms with Crippen molar-refractivity contribution in [2.75, 3.05) is 0 Å². The molecule has 1 nitrogen and oxygen atoms in total. The molecule has 0 amide bonds. The van der Waals surface area contributed by atoms with E-state index in [1.807, 2.05) is 0 Å². The van der Waals surface area contributed by atoms with Crippen molar-refractivity contribution < 1.29 is 21.8 Å². The molecule has 0 aliphatic carbocycles. The zero-order valence-electron chi connectivity index (χ0n) is 10.7. The van der Waals surface area contributed by atoms with Crippen molar-refractivity contribution in [1.29, 1.82) is 0 Å². The number of hydrogen-bond acceptors (Lipinski definition) is 0. The molecule has 0 aliphatic rings. The van der Waals surface area contributed by atoms with Gasteiger partial charge in [-0.2, -0.15) is 4.57 Å². The van der Waals surface area contributed by atoms with Crippen LogP contribution in [0.3, 0.4) is 0 Å². The number of pyridine rings is 1. The number of nitrogens with zero attached hydrogens (tertiary/aromatic N) is 1. The number of para-hydroxylation sites is 1. The highest BCUT2D eigenvalue weighted by molar-refractivity contribution is 6.50. The summed E-state index contributed by atoms with van der Waals surface area (Å²) < 4.78 is 41.3. The molecule has 19 heavy (non-hydrogen) atoms. The van der Waals surface area contributed by atoms with Crippen LogP contribution in [-0.2, 0) is 6.54 Å². The maximum Gasteiger partial charge on any atom is 0.673 e. The molecule has 2 aromatic rings. The third kappa shape index (κ3) is 6.22. The van der Waals surface area contributed by atoms with Gasteiger partial charge in [0, 0.05) is 23.9 Å². The minimum absolute atomic E-state index is 1.12. The van der Waals surface area contributed by atoms with E-state index in [-0.39, 0.29) is 0 Å². The van der Waals surface area contributed by atoms with E-state index in [1.54, 1.807) is 0 Å². The molecule has 6 heteroatoms. The first-order chi connectivity index (χ1) is 8.92. The van der Waals surface area contributed by atoms with Crippen molar-refractivity contribution in [1.82, 2.24) is 0 Å². The molecule has 0 fully saturated rings. The lowest BCUT2D eigenvalue weighted by Crippen LogP contribution is -2.33. The fourth-order valence-electron chi connectivity index (χ4n) is 1.74. The van der Waals surface area contributed by atoms with Crippen LogP contribution in [0.1, 0.15) is 19.8 Å². The summed E-state index contributed by atoms with van der Waals surface area (Å²) >= 11 is 0. The molecular weight excluding hydrogens is 257 g/mol. The smallest absolute Gasteiger partial charge is 0.418 e. The second-order valence-electron chi connectivity index (χ2n) is 4.11. The van der Waals surface area contributed by atoms with Gasteiger partial charge >= 0.3 is 7.25 Å². The van der Waals surface area contributed by atoms with Crippen molar-refractivity contribution in [3.8, 4) is 0 Å². The first-order valence-corrected chi connectivity index (χ1v) is 6.16. The van der Waals surface area contributed by atoms with Crippen molar-refractivity contribution in [3.63, 3.8) is 0 Å². The lowest BCUT2D eigenvalue weighted by atomic mass is 10.2. The van der Waals surface area contributed by atoms with Crippen molar-refractivity contribution in [2.45, 2.75) is 26.3 Å². The van der Waals surface area contributed by atoms with E-state index in [0.29, 0.717) is 0 Å². The normalized spacial score (nSPS) is 11.0. The molecule has 0 radical (unpaired) electrons. The molecule has 0 atom stereocenters. The van der Waals surface area contributed by atoms with Crippen molar-refractivity contribution >= 4 is 18.2 Å². The highest BCUT2D eigenvalue weighted by Gasteiger charge is 2.20. The highest BCUT2D eigenvalue weighted by atomic mass is 19.5. The van der Waals surface area contributed by atoms with Crippen LogP contribution in [0, 0.1) is 0 Å². The van der Waals surface area contributed by atoms with Crippen LogP contribution in [0.5, 0.6) is 0 Å². The van der Waals surface area contributed by atoms with E-state index in [9.17, 15) is 17.3 Å². The van der Waals surface area contributed by atoms with Crippen LogP contribution in [0.2, 0.25) is 0 Å². The van der Waals surface area contributed by atoms with E-state index in [4.69, 9.17) is 0 Å². The Bertz CT molecular complexity index is 502. The molecule has 0 spiro atoms. The summed E-state index contributed by atoms with van der Waals surface area (Å²) in [4.78, 5) is 0. The number of halogens is 4. The van der Waals surface area contributed by atoms with Gasteiger partial charge in [-0.25, -0.2) is 0 Å². The van der Waals surface area contributed by atoms with Gasteiger partial charge in [0.05, 0.1) is 0 Å². The van der Waals surface area contributed by atoms with Gasteiger partial charge in [0.25, 0.3) is 0 Å². The van der Waals surface area contributed by atoms with Crippen molar-refractivity contribution in [3.05, 3.63) is 42.6 Å². The van der Waals surface area contributed by atoms with E-state index in [2.05, 4.69) is 54.1 Å². The summed E-state index contributed by atoms with van der Waals surface area (Å²) in [6.07, 6.45) is 4.66. The summed E-state index contributed by atoms with van der Waals surface area (Å²) in [6.45, 7) is 3.35. The lowest BCUT2D eigenvalue weighted by molar-refractivity contribution is -0.671. The van der Waals surface area contributed by atoms with Gasteiger partial charge in [-0.15, -0.1) is 0 Å². The third-order valence-corrected chi connectivity index (χ3v) is 2.54. The first kappa shape index (κ1) is 15.5. The third-order valence-electron chi connectivity index (χ3n) is 2.54. The Labute approximate surface area is 110 Å². The zero-order chi connectivity index (χ0) is 14.3. The first-order valence-electron chi connectivity index (χ1n) is 6.16. The summed E-state index contributed by atoms with van der Waals surface area (Å²) in [5.41, 5.74) is 1.34. The number of benzene rings is 1. The number of unbranched alkanes of at least 4 members (excludes halogenated alkanes) is 1. The topological polar surface area (TPSA) is 3.88 Å². The van der Waals surface area contributed by atoms with Gasteiger partial charge in [-0.3, -0.25) is 0 Å². The molecule has 1 heterocycles. The summed E-state index contributed by atoms with van der Waals surface area (Å²) in [6, 6.07) is 12.8. The molecule has 0 saturated carbocycles. The van der Waals surface area contributed by atoms with Gasteiger partial charge in [0.15, 0.2) is 6.20 Å². The number of aryl methyl sites for hydroxylation is 1. The Morgan fingerprint density at radius 3 is 2.21 bits per heavy atom. The minimum atomic E-state index is -6.00. The Balaban J connectivity index is 0.000000312. The SMILES string of the molecule is CCCC[n+]1cccc2ccccc21.F[B-](F)(F)F. The largest absolute Gasteiger partial charge is 0.673 e. The Kier molecular flexibility index (Phi) is 5.79. The number of rotatable bonds is 3. The monoisotopic (exact) mass is 273 g/mol. The molecular formula is C13H16BF4N. The predicted molar refractivity (Wildman–Crippen MR) is 69.2 cm³/mol. The van der Waals surface area contributed by atoms with Crippen molar-refractivity contribution in [2.24, 2.45) is 0 Å². The second-order valence-corrected chi connectivity index (χ2v) is 4.11. The molecule has 1 aromatic heterocycles. The second kappa shape index (κ2) is 7.11. The maximum atomic E-state index is 9.75. The molecule has 0 unspecified atom stereocenters. The van der Waals surface area contributed by atoms with E-state index in [1.165, 1.54) is 23.7 Å². The van der Waals surface area contributed by atoms with Gasteiger partial charge < -0.3 is 17.3 Å². The molecule has 0 bridgehead atoms. The molecule has 104 valence electrons. The standard InChI is InChI=1S/C13H16N.BF4/c1-2-3-10-14-11-6-8-12-7-4-5-9-13(12)14;2-1(3,4)5/h4-9,11H,2-3,10H2,1H3;/q+1;-1. The van der Waals surface area contributed by atoms with E-state index in [0.717, 1.165) is 6.54 Å². The number of hydrogen-bond donors (Lipinski definition) is 0. The fraction of sp³-hybridized carbons (Fsp3) is 0.308. The van der Waals surface area contributed by atoms with Crippen LogP contribution in [0.4, 0.5) is 17.3 Å². The van der Waals surface area contributed by atoms with Gasteiger partial charge in [-0.05, 0) is 12.1 Å². The highest BCUT2D eigenvalue weighted by Crippen LogP contribution is 2.08. The minimum Gasteiger partial charge on any atom is -0.418 e. The summed E-state index contributed by atoms with van der Waals surface area (Å²) in [5.74, 6) is 0. The zero-order valence-corrected chi connectivity index (χ0v) is 10.7. The molecule has 0 N–H and O–H groups in total. The number of fused-ring (bicyclic) bond motifs is 1. The molecule has 2 rings (SSSR count).